The quantitative estimate of drug-likeness (QED) is 0.180. The molecule has 0 bridgehead atoms. The van der Waals surface area contributed by atoms with Crippen LogP contribution in [0.1, 0.15) is 114 Å². The summed E-state index contributed by atoms with van der Waals surface area (Å²) < 4.78 is 6.41. The standard InChI is InChI=1S/C37H44O5/c38-36(39)14-4-2-1-3-10-28(33-21-19-31-24-32(37(40)41)20-22-34(31)33)17-18-29-11-7-8-13-35(29)42-25-26-15-16-27-9-5-6-12-30(27)23-26/h7-8,11,13,15-16,20,22-24,28,33H,1-6,9-10,12,14,17-19,21,25H2,(H,38,39)(H,40,41). The lowest BCUT2D eigenvalue weighted by Crippen LogP contribution is -2.13. The van der Waals surface area contributed by atoms with Gasteiger partial charge in [0.05, 0.1) is 5.56 Å². The van der Waals surface area contributed by atoms with Gasteiger partial charge in [-0.05, 0) is 128 Å². The maximum Gasteiger partial charge on any atom is 0.335 e. The molecule has 3 aromatic rings. The first-order valence-electron chi connectivity index (χ1n) is 15.9. The number of para-hydroxylation sites is 1. The van der Waals surface area contributed by atoms with Crippen LogP contribution in [-0.2, 0) is 37.1 Å². The molecule has 0 amide bonds. The highest BCUT2D eigenvalue weighted by Crippen LogP contribution is 2.43. The van der Waals surface area contributed by atoms with Crippen molar-refractivity contribution < 1.29 is 24.5 Å². The van der Waals surface area contributed by atoms with Gasteiger partial charge in [0.25, 0.3) is 0 Å². The molecule has 5 rings (SSSR count). The molecule has 2 aliphatic carbocycles. The van der Waals surface area contributed by atoms with Gasteiger partial charge in [-0.1, -0.05) is 61.7 Å². The molecule has 5 heteroatoms. The van der Waals surface area contributed by atoms with Gasteiger partial charge in [-0.3, -0.25) is 4.79 Å². The molecule has 2 atom stereocenters. The van der Waals surface area contributed by atoms with Crippen LogP contribution >= 0.6 is 0 Å². The van der Waals surface area contributed by atoms with Crippen LogP contribution in [0.2, 0.25) is 0 Å². The molecule has 0 saturated carbocycles. The summed E-state index contributed by atoms with van der Waals surface area (Å²) in [6.45, 7) is 0.575. The van der Waals surface area contributed by atoms with Crippen LogP contribution in [0.3, 0.4) is 0 Å². The van der Waals surface area contributed by atoms with Gasteiger partial charge in [-0.25, -0.2) is 4.79 Å². The first kappa shape index (κ1) is 29.9. The summed E-state index contributed by atoms with van der Waals surface area (Å²) in [5.41, 5.74) is 8.30. The lowest BCUT2D eigenvalue weighted by molar-refractivity contribution is -0.137. The van der Waals surface area contributed by atoms with E-state index in [1.807, 2.05) is 18.2 Å². The highest BCUT2D eigenvalue weighted by Gasteiger charge is 2.30. The number of carboxylic acids is 2. The molecular formula is C37H44O5. The molecule has 3 aromatic carbocycles. The van der Waals surface area contributed by atoms with Crippen LogP contribution in [0.25, 0.3) is 0 Å². The van der Waals surface area contributed by atoms with Crippen molar-refractivity contribution in [3.8, 4) is 5.75 Å². The highest BCUT2D eigenvalue weighted by atomic mass is 16.5. The summed E-state index contributed by atoms with van der Waals surface area (Å²) in [6, 6.07) is 20.9. The normalized spacial score (nSPS) is 16.4. The summed E-state index contributed by atoms with van der Waals surface area (Å²) in [5.74, 6) is 0.274. The minimum Gasteiger partial charge on any atom is -0.489 e. The molecule has 0 fully saturated rings. The summed E-state index contributed by atoms with van der Waals surface area (Å²) in [5, 5.41) is 18.4. The summed E-state index contributed by atoms with van der Waals surface area (Å²) >= 11 is 0. The molecule has 0 aliphatic heterocycles. The lowest BCUT2D eigenvalue weighted by atomic mass is 9.80. The zero-order chi connectivity index (χ0) is 29.3. The Balaban J connectivity index is 1.24. The Morgan fingerprint density at radius 3 is 2.45 bits per heavy atom. The Labute approximate surface area is 249 Å². The van der Waals surface area contributed by atoms with E-state index in [0.29, 0.717) is 24.0 Å². The van der Waals surface area contributed by atoms with Crippen LogP contribution in [-0.4, -0.2) is 22.2 Å². The predicted octanol–water partition coefficient (Wildman–Crippen LogP) is 8.55. The van der Waals surface area contributed by atoms with E-state index in [0.717, 1.165) is 63.5 Å². The zero-order valence-corrected chi connectivity index (χ0v) is 24.7. The topological polar surface area (TPSA) is 83.8 Å². The van der Waals surface area contributed by atoms with E-state index >= 15 is 0 Å². The number of benzene rings is 3. The van der Waals surface area contributed by atoms with Crippen molar-refractivity contribution in [3.05, 3.63) is 99.6 Å². The second-order valence-electron chi connectivity index (χ2n) is 12.2. The number of carboxylic acid groups (broad SMARTS) is 2. The molecule has 2 N–H and O–H groups in total. The Kier molecular flexibility index (Phi) is 10.3. The van der Waals surface area contributed by atoms with Gasteiger partial charge in [0.1, 0.15) is 12.4 Å². The number of hydrogen-bond acceptors (Lipinski definition) is 3. The SMILES string of the molecule is O=C(O)CCCCCCC(CCc1ccccc1OCc1ccc2c(c1)CCCC2)C1CCc2cc(C(=O)O)ccc21. The number of ether oxygens (including phenoxy) is 1. The fourth-order valence-electron chi connectivity index (χ4n) is 7.09. The molecule has 0 spiro atoms. The van der Waals surface area contributed by atoms with Crippen molar-refractivity contribution in [2.24, 2.45) is 5.92 Å². The van der Waals surface area contributed by atoms with E-state index in [2.05, 4.69) is 36.4 Å². The van der Waals surface area contributed by atoms with Crippen molar-refractivity contribution in [1.82, 2.24) is 0 Å². The monoisotopic (exact) mass is 568 g/mol. The Hall–Kier alpha value is -3.60. The number of aryl methyl sites for hydroxylation is 4. The average molecular weight is 569 g/mol. The summed E-state index contributed by atoms with van der Waals surface area (Å²) in [6.07, 6.45) is 14.0. The summed E-state index contributed by atoms with van der Waals surface area (Å²) in [7, 11) is 0. The molecule has 5 nitrogen and oxygen atoms in total. The maximum atomic E-state index is 11.5. The molecule has 0 radical (unpaired) electrons. The lowest BCUT2D eigenvalue weighted by Gasteiger charge is -2.25. The Bertz CT molecular complexity index is 1380. The molecular weight excluding hydrogens is 524 g/mol. The molecule has 42 heavy (non-hydrogen) atoms. The van der Waals surface area contributed by atoms with Gasteiger partial charge < -0.3 is 14.9 Å². The van der Waals surface area contributed by atoms with Gasteiger partial charge in [-0.2, -0.15) is 0 Å². The number of aliphatic carboxylic acids is 1. The smallest absolute Gasteiger partial charge is 0.335 e. The molecule has 0 aromatic heterocycles. The fraction of sp³-hybridized carbons (Fsp3) is 0.459. The maximum absolute atomic E-state index is 11.5. The van der Waals surface area contributed by atoms with Gasteiger partial charge in [0.15, 0.2) is 0 Å². The predicted molar refractivity (Wildman–Crippen MR) is 165 cm³/mol. The van der Waals surface area contributed by atoms with E-state index in [-0.39, 0.29) is 6.42 Å². The van der Waals surface area contributed by atoms with Gasteiger partial charge >= 0.3 is 11.9 Å². The first-order chi connectivity index (χ1) is 20.5. The minimum absolute atomic E-state index is 0.244. The van der Waals surface area contributed by atoms with Crippen molar-refractivity contribution in [2.75, 3.05) is 0 Å². The van der Waals surface area contributed by atoms with Crippen LogP contribution in [0.5, 0.6) is 5.75 Å². The number of rotatable bonds is 15. The zero-order valence-electron chi connectivity index (χ0n) is 24.7. The first-order valence-corrected chi connectivity index (χ1v) is 15.9. The molecule has 0 saturated heterocycles. The largest absolute Gasteiger partial charge is 0.489 e. The number of hydrogen-bond donors (Lipinski definition) is 2. The third-order valence-corrected chi connectivity index (χ3v) is 9.36. The van der Waals surface area contributed by atoms with Crippen LogP contribution in [0, 0.1) is 5.92 Å². The van der Waals surface area contributed by atoms with Gasteiger partial charge in [0, 0.05) is 6.42 Å². The van der Waals surface area contributed by atoms with Crippen molar-refractivity contribution in [1.29, 1.82) is 0 Å². The van der Waals surface area contributed by atoms with E-state index in [1.165, 1.54) is 59.1 Å². The van der Waals surface area contributed by atoms with E-state index < -0.39 is 11.9 Å². The number of carbonyl (C=O) groups is 2. The van der Waals surface area contributed by atoms with Gasteiger partial charge in [-0.15, -0.1) is 0 Å². The highest BCUT2D eigenvalue weighted by molar-refractivity contribution is 5.88. The van der Waals surface area contributed by atoms with E-state index in [4.69, 9.17) is 9.84 Å². The minimum atomic E-state index is -0.869. The Morgan fingerprint density at radius 1 is 0.810 bits per heavy atom. The molecule has 2 unspecified atom stereocenters. The van der Waals surface area contributed by atoms with Crippen molar-refractivity contribution in [3.63, 3.8) is 0 Å². The molecule has 0 heterocycles. The van der Waals surface area contributed by atoms with Crippen LogP contribution in [0.15, 0.2) is 60.7 Å². The number of fused-ring (bicyclic) bond motifs is 2. The third-order valence-electron chi connectivity index (χ3n) is 9.36. The fourth-order valence-corrected chi connectivity index (χ4v) is 7.09. The number of unbranched alkanes of at least 4 members (excludes halogenated alkanes) is 3. The van der Waals surface area contributed by atoms with E-state index in [9.17, 15) is 14.7 Å². The number of aromatic carboxylic acids is 1. The van der Waals surface area contributed by atoms with Crippen LogP contribution in [0.4, 0.5) is 0 Å². The molecule has 222 valence electrons. The second kappa shape index (κ2) is 14.5. The van der Waals surface area contributed by atoms with Crippen LogP contribution < -0.4 is 4.74 Å². The van der Waals surface area contributed by atoms with Gasteiger partial charge in [0.2, 0.25) is 0 Å². The Morgan fingerprint density at radius 2 is 1.62 bits per heavy atom. The van der Waals surface area contributed by atoms with Crippen molar-refractivity contribution in [2.45, 2.75) is 102 Å². The van der Waals surface area contributed by atoms with E-state index in [1.54, 1.807) is 6.07 Å². The molecule has 2 aliphatic rings. The van der Waals surface area contributed by atoms with Crippen molar-refractivity contribution >= 4 is 11.9 Å². The average Bonchev–Trinajstić information content (AvgIpc) is 3.42. The second-order valence-corrected chi connectivity index (χ2v) is 12.2. The third kappa shape index (κ3) is 7.81. The summed E-state index contributed by atoms with van der Waals surface area (Å²) in [4.78, 5) is 22.4.